The topological polar surface area (TPSA) is 99.8 Å². The average Bonchev–Trinajstić information content (AvgIpc) is 2.41. The van der Waals surface area contributed by atoms with E-state index in [9.17, 15) is 9.59 Å². The quantitative estimate of drug-likeness (QED) is 0.330. The van der Waals surface area contributed by atoms with E-state index in [-0.39, 0.29) is 53.8 Å². The third-order valence-electron chi connectivity index (χ3n) is 3.53. The summed E-state index contributed by atoms with van der Waals surface area (Å²) in [6.07, 6.45) is 2.40. The Kier molecular flexibility index (Phi) is 10.3. The number of rotatable bonds is 5. The Hall–Kier alpha value is -1.06. The first-order chi connectivity index (χ1) is 10.7. The van der Waals surface area contributed by atoms with Gasteiger partial charge in [0, 0.05) is 31.6 Å². The van der Waals surface area contributed by atoms with Crippen molar-refractivity contribution in [2.75, 3.05) is 26.2 Å². The first-order valence-electron chi connectivity index (χ1n) is 8.34. The van der Waals surface area contributed by atoms with E-state index in [0.717, 1.165) is 38.4 Å². The number of guanidine groups is 1. The van der Waals surface area contributed by atoms with Gasteiger partial charge in [0.05, 0.1) is 0 Å². The smallest absolute Gasteiger partial charge is 0.242 e. The molecule has 8 heteroatoms. The molecule has 0 aliphatic carbocycles. The molecular weight excluding hydrogens is 421 g/mol. The molecule has 1 atom stereocenters. The maximum atomic E-state index is 11.9. The van der Waals surface area contributed by atoms with Crippen molar-refractivity contribution in [1.29, 1.82) is 0 Å². The van der Waals surface area contributed by atoms with Crippen LogP contribution >= 0.6 is 24.0 Å². The van der Waals surface area contributed by atoms with E-state index in [2.05, 4.69) is 20.5 Å². The fourth-order valence-electron chi connectivity index (χ4n) is 2.74. The van der Waals surface area contributed by atoms with Crippen molar-refractivity contribution in [2.45, 2.75) is 52.5 Å². The summed E-state index contributed by atoms with van der Waals surface area (Å²) >= 11 is 0. The molecule has 1 rings (SSSR count). The third kappa shape index (κ3) is 9.29. The number of primary amides is 1. The molecule has 0 bridgehead atoms. The Bertz CT molecular complexity index is 448. The van der Waals surface area contributed by atoms with Crippen molar-refractivity contribution in [3.63, 3.8) is 0 Å². The van der Waals surface area contributed by atoms with Crippen LogP contribution in [0, 0.1) is 5.92 Å². The number of halogens is 1. The van der Waals surface area contributed by atoms with E-state index < -0.39 is 0 Å². The summed E-state index contributed by atoms with van der Waals surface area (Å²) in [4.78, 5) is 29.6. The van der Waals surface area contributed by atoms with Gasteiger partial charge in [-0.25, -0.2) is 4.99 Å². The summed E-state index contributed by atoms with van der Waals surface area (Å²) < 4.78 is 0. The van der Waals surface area contributed by atoms with Crippen LogP contribution in [-0.4, -0.2) is 54.4 Å². The molecule has 1 saturated heterocycles. The van der Waals surface area contributed by atoms with E-state index in [1.165, 1.54) is 0 Å². The van der Waals surface area contributed by atoms with E-state index >= 15 is 0 Å². The van der Waals surface area contributed by atoms with Crippen molar-refractivity contribution in [3.8, 4) is 0 Å². The van der Waals surface area contributed by atoms with Gasteiger partial charge in [0.25, 0.3) is 0 Å². The third-order valence-corrected chi connectivity index (χ3v) is 3.53. The zero-order valence-electron chi connectivity index (χ0n) is 15.2. The molecule has 0 spiro atoms. The van der Waals surface area contributed by atoms with Crippen molar-refractivity contribution in [2.24, 2.45) is 16.6 Å². The molecule has 7 nitrogen and oxygen atoms in total. The molecule has 0 aromatic heterocycles. The number of likely N-dealkylation sites (tertiary alicyclic amines) is 1. The normalized spacial score (nSPS) is 18.6. The van der Waals surface area contributed by atoms with Gasteiger partial charge in [-0.2, -0.15) is 0 Å². The van der Waals surface area contributed by atoms with E-state index in [1.807, 2.05) is 27.7 Å². The zero-order chi connectivity index (χ0) is 17.5. The van der Waals surface area contributed by atoms with Gasteiger partial charge in [-0.3, -0.25) is 9.59 Å². The lowest BCUT2D eigenvalue weighted by Crippen LogP contribution is -2.48. The summed E-state index contributed by atoms with van der Waals surface area (Å²) in [6.45, 7) is 10.3. The monoisotopic (exact) mass is 453 g/mol. The van der Waals surface area contributed by atoms with Crippen LogP contribution in [0.3, 0.4) is 0 Å². The van der Waals surface area contributed by atoms with Crippen molar-refractivity contribution < 1.29 is 9.59 Å². The molecule has 1 unspecified atom stereocenters. The fourth-order valence-corrected chi connectivity index (χ4v) is 2.74. The first-order valence-corrected chi connectivity index (χ1v) is 8.34. The minimum atomic E-state index is -0.261. The minimum Gasteiger partial charge on any atom is -0.370 e. The highest BCUT2D eigenvalue weighted by molar-refractivity contribution is 14.0. The predicted octanol–water partition coefficient (Wildman–Crippen LogP) is 1.07. The number of amides is 2. The van der Waals surface area contributed by atoms with Crippen LogP contribution < -0.4 is 16.4 Å². The van der Waals surface area contributed by atoms with Gasteiger partial charge in [0.15, 0.2) is 5.96 Å². The van der Waals surface area contributed by atoms with Crippen molar-refractivity contribution in [3.05, 3.63) is 0 Å². The van der Waals surface area contributed by atoms with E-state index in [1.54, 1.807) is 0 Å². The van der Waals surface area contributed by atoms with Gasteiger partial charge in [-0.1, -0.05) is 0 Å². The standard InChI is InChI=1S/C16H31N5O2.HI/c1-5-18-15(19-10-14(23)20-16(2,3)4)21-8-6-7-12(11-21)9-13(17)22;/h12H,5-11H2,1-4H3,(H2,17,22)(H,18,19)(H,20,23);1H. The number of nitrogens with two attached hydrogens (primary N) is 1. The predicted molar refractivity (Wildman–Crippen MR) is 107 cm³/mol. The number of hydrogen-bond donors (Lipinski definition) is 3. The lowest BCUT2D eigenvalue weighted by atomic mass is 9.95. The van der Waals surface area contributed by atoms with Crippen LogP contribution in [-0.2, 0) is 9.59 Å². The van der Waals surface area contributed by atoms with E-state index in [0.29, 0.717) is 6.42 Å². The van der Waals surface area contributed by atoms with Gasteiger partial charge in [-0.05, 0) is 46.5 Å². The first kappa shape index (κ1) is 22.9. The van der Waals surface area contributed by atoms with Crippen LogP contribution in [0.4, 0.5) is 0 Å². The largest absolute Gasteiger partial charge is 0.370 e. The van der Waals surface area contributed by atoms with Gasteiger partial charge < -0.3 is 21.3 Å². The Morgan fingerprint density at radius 1 is 1.33 bits per heavy atom. The van der Waals surface area contributed by atoms with Crippen LogP contribution in [0.1, 0.15) is 47.0 Å². The molecule has 140 valence electrons. The number of carbonyl (C=O) groups is 2. The maximum Gasteiger partial charge on any atom is 0.242 e. The molecule has 1 aliphatic heterocycles. The highest BCUT2D eigenvalue weighted by Gasteiger charge is 2.23. The maximum absolute atomic E-state index is 11.9. The van der Waals surface area contributed by atoms with Gasteiger partial charge >= 0.3 is 0 Å². The Balaban J connectivity index is 0.00000529. The van der Waals surface area contributed by atoms with Gasteiger partial charge in [-0.15, -0.1) is 24.0 Å². The second-order valence-electron chi connectivity index (χ2n) is 7.09. The van der Waals surface area contributed by atoms with Crippen LogP contribution in [0.25, 0.3) is 0 Å². The van der Waals surface area contributed by atoms with Gasteiger partial charge in [0.1, 0.15) is 6.54 Å². The number of aliphatic imine (C=N–C) groups is 1. The number of carbonyl (C=O) groups excluding carboxylic acids is 2. The lowest BCUT2D eigenvalue weighted by molar-refractivity contribution is -0.121. The zero-order valence-corrected chi connectivity index (χ0v) is 17.6. The summed E-state index contributed by atoms with van der Waals surface area (Å²) in [5.74, 6) is 0.626. The summed E-state index contributed by atoms with van der Waals surface area (Å²) in [6, 6.07) is 0. The Morgan fingerprint density at radius 2 is 2.00 bits per heavy atom. The number of nitrogens with one attached hydrogen (secondary N) is 2. The molecule has 1 fully saturated rings. The number of piperidine rings is 1. The Morgan fingerprint density at radius 3 is 2.54 bits per heavy atom. The highest BCUT2D eigenvalue weighted by atomic mass is 127. The second-order valence-corrected chi connectivity index (χ2v) is 7.09. The molecule has 0 aromatic carbocycles. The van der Waals surface area contributed by atoms with E-state index in [4.69, 9.17) is 5.73 Å². The molecule has 0 radical (unpaired) electrons. The van der Waals surface area contributed by atoms with Crippen LogP contribution in [0.5, 0.6) is 0 Å². The summed E-state index contributed by atoms with van der Waals surface area (Å²) in [5, 5.41) is 6.13. The SMILES string of the molecule is CCNC(=NCC(=O)NC(C)(C)C)N1CCCC(CC(N)=O)C1.I. The average molecular weight is 453 g/mol. The van der Waals surface area contributed by atoms with Crippen molar-refractivity contribution >= 4 is 41.8 Å². The van der Waals surface area contributed by atoms with Crippen LogP contribution in [0.15, 0.2) is 4.99 Å². The summed E-state index contributed by atoms with van der Waals surface area (Å²) in [7, 11) is 0. The molecular formula is C16H32IN5O2. The lowest BCUT2D eigenvalue weighted by Gasteiger charge is -2.34. The molecule has 2 amide bonds. The Labute approximate surface area is 162 Å². The van der Waals surface area contributed by atoms with Crippen LogP contribution in [0.2, 0.25) is 0 Å². The van der Waals surface area contributed by atoms with Gasteiger partial charge in [0.2, 0.25) is 11.8 Å². The minimum absolute atomic E-state index is 0. The molecule has 1 aliphatic rings. The second kappa shape index (κ2) is 10.7. The molecule has 0 aromatic rings. The number of nitrogens with zero attached hydrogens (tertiary/aromatic N) is 2. The molecule has 4 N–H and O–H groups in total. The molecule has 0 saturated carbocycles. The number of hydrogen-bond acceptors (Lipinski definition) is 3. The van der Waals surface area contributed by atoms with Crippen molar-refractivity contribution in [1.82, 2.24) is 15.5 Å². The molecule has 24 heavy (non-hydrogen) atoms. The molecule has 1 heterocycles. The summed E-state index contributed by atoms with van der Waals surface area (Å²) in [5.41, 5.74) is 5.04. The highest BCUT2D eigenvalue weighted by Crippen LogP contribution is 2.19. The fraction of sp³-hybridized carbons (Fsp3) is 0.812.